The number of amides is 2. The lowest BCUT2D eigenvalue weighted by Crippen LogP contribution is -2.36. The summed E-state index contributed by atoms with van der Waals surface area (Å²) in [7, 11) is 0. The molecule has 0 unspecified atom stereocenters. The summed E-state index contributed by atoms with van der Waals surface area (Å²) in [4.78, 5) is 14.2. The number of likely N-dealkylation sites (tertiary alicyclic amines) is 1. The van der Waals surface area contributed by atoms with Gasteiger partial charge in [-0.05, 0) is 57.0 Å². The second-order valence-electron chi connectivity index (χ2n) is 5.25. The lowest BCUT2D eigenvalue weighted by molar-refractivity contribution is 0.249. The third kappa shape index (κ3) is 4.24. The van der Waals surface area contributed by atoms with E-state index < -0.39 is 0 Å². The van der Waals surface area contributed by atoms with Crippen molar-refractivity contribution in [3.05, 3.63) is 29.3 Å². The van der Waals surface area contributed by atoms with E-state index in [1.807, 2.05) is 32.0 Å². The Labute approximate surface area is 115 Å². The molecule has 0 aliphatic carbocycles. The van der Waals surface area contributed by atoms with E-state index in [1.54, 1.807) is 0 Å². The van der Waals surface area contributed by atoms with E-state index in [9.17, 15) is 4.79 Å². The minimum Gasteiger partial charge on any atom is -0.337 e. The number of rotatable bonds is 4. The van der Waals surface area contributed by atoms with Gasteiger partial charge in [0.05, 0.1) is 0 Å². The minimum absolute atomic E-state index is 0.118. The number of benzene rings is 1. The number of urea groups is 1. The Morgan fingerprint density at radius 2 is 2.00 bits per heavy atom. The van der Waals surface area contributed by atoms with Crippen molar-refractivity contribution < 1.29 is 4.79 Å². The highest BCUT2D eigenvalue weighted by Gasteiger charge is 2.11. The van der Waals surface area contributed by atoms with Crippen LogP contribution in [0.4, 0.5) is 10.5 Å². The van der Waals surface area contributed by atoms with E-state index >= 15 is 0 Å². The number of hydrogen-bond acceptors (Lipinski definition) is 2. The smallest absolute Gasteiger partial charge is 0.319 e. The Balaban J connectivity index is 1.75. The van der Waals surface area contributed by atoms with Gasteiger partial charge in [0.25, 0.3) is 0 Å². The van der Waals surface area contributed by atoms with E-state index in [0.29, 0.717) is 6.54 Å². The summed E-state index contributed by atoms with van der Waals surface area (Å²) in [6, 6.07) is 5.95. The van der Waals surface area contributed by atoms with Gasteiger partial charge in [0.15, 0.2) is 0 Å². The molecule has 1 fully saturated rings. The monoisotopic (exact) mass is 261 g/mol. The van der Waals surface area contributed by atoms with Crippen molar-refractivity contribution in [3.63, 3.8) is 0 Å². The topological polar surface area (TPSA) is 44.4 Å². The number of carbonyl (C=O) groups is 1. The third-order valence-electron chi connectivity index (χ3n) is 3.55. The molecule has 4 heteroatoms. The van der Waals surface area contributed by atoms with Gasteiger partial charge < -0.3 is 15.5 Å². The van der Waals surface area contributed by atoms with Gasteiger partial charge in [-0.25, -0.2) is 4.79 Å². The van der Waals surface area contributed by atoms with Crippen LogP contribution in [0.1, 0.15) is 24.0 Å². The van der Waals surface area contributed by atoms with Crippen molar-refractivity contribution in [1.82, 2.24) is 10.2 Å². The molecular formula is C15H23N3O. The molecule has 1 saturated heterocycles. The van der Waals surface area contributed by atoms with E-state index in [1.165, 1.54) is 25.9 Å². The maximum atomic E-state index is 11.8. The lowest BCUT2D eigenvalue weighted by atomic mass is 10.1. The number of nitrogens with zero attached hydrogens (tertiary/aromatic N) is 1. The quantitative estimate of drug-likeness (QED) is 0.874. The van der Waals surface area contributed by atoms with Crippen molar-refractivity contribution in [2.45, 2.75) is 26.7 Å². The number of carbonyl (C=O) groups excluding carboxylic acids is 1. The average Bonchev–Trinajstić information content (AvgIpc) is 2.87. The highest BCUT2D eigenvalue weighted by Crippen LogP contribution is 2.15. The molecule has 2 N–H and O–H groups in total. The molecule has 19 heavy (non-hydrogen) atoms. The summed E-state index contributed by atoms with van der Waals surface area (Å²) in [6.45, 7) is 8.01. The maximum Gasteiger partial charge on any atom is 0.319 e. The van der Waals surface area contributed by atoms with Crippen LogP contribution in [0.15, 0.2) is 18.2 Å². The molecule has 0 atom stereocenters. The van der Waals surface area contributed by atoms with Gasteiger partial charge in [-0.15, -0.1) is 0 Å². The number of aryl methyl sites for hydroxylation is 2. The first-order valence-corrected chi connectivity index (χ1v) is 6.99. The Morgan fingerprint density at radius 1 is 1.26 bits per heavy atom. The molecule has 1 aromatic carbocycles. The Hall–Kier alpha value is -1.55. The predicted molar refractivity (Wildman–Crippen MR) is 78.6 cm³/mol. The molecule has 0 aromatic heterocycles. The van der Waals surface area contributed by atoms with Crippen LogP contribution in [-0.2, 0) is 0 Å². The normalized spacial score (nSPS) is 15.5. The molecule has 1 aromatic rings. The van der Waals surface area contributed by atoms with E-state index in [4.69, 9.17) is 0 Å². The SMILES string of the molecule is Cc1ccc(C)c(NC(=O)NCCN2CCCC2)c1. The minimum atomic E-state index is -0.118. The standard InChI is InChI=1S/C15H23N3O/c1-12-5-6-13(2)14(11-12)17-15(19)16-7-10-18-8-3-4-9-18/h5-6,11H,3-4,7-10H2,1-2H3,(H2,16,17,19). The van der Waals surface area contributed by atoms with Crippen LogP contribution < -0.4 is 10.6 Å². The summed E-state index contributed by atoms with van der Waals surface area (Å²) in [6.07, 6.45) is 2.57. The highest BCUT2D eigenvalue weighted by atomic mass is 16.2. The second kappa shape index (κ2) is 6.57. The first-order chi connectivity index (χ1) is 9.15. The molecule has 1 aliphatic rings. The Kier molecular flexibility index (Phi) is 4.80. The molecule has 104 valence electrons. The van der Waals surface area contributed by atoms with Gasteiger partial charge in [-0.2, -0.15) is 0 Å². The summed E-state index contributed by atoms with van der Waals surface area (Å²) in [5.74, 6) is 0. The maximum absolute atomic E-state index is 11.8. The van der Waals surface area contributed by atoms with Crippen LogP contribution in [0.3, 0.4) is 0 Å². The van der Waals surface area contributed by atoms with Crippen LogP contribution in [0.2, 0.25) is 0 Å². The Bertz CT molecular complexity index is 439. The van der Waals surface area contributed by atoms with E-state index in [0.717, 1.165) is 23.4 Å². The molecule has 2 rings (SSSR count). The fourth-order valence-electron chi connectivity index (χ4n) is 2.37. The van der Waals surface area contributed by atoms with Gasteiger partial charge in [-0.3, -0.25) is 0 Å². The van der Waals surface area contributed by atoms with Crippen LogP contribution in [0.25, 0.3) is 0 Å². The fourth-order valence-corrected chi connectivity index (χ4v) is 2.37. The number of nitrogens with one attached hydrogen (secondary N) is 2. The van der Waals surface area contributed by atoms with Crippen LogP contribution in [-0.4, -0.2) is 37.1 Å². The van der Waals surface area contributed by atoms with E-state index in [2.05, 4.69) is 15.5 Å². The molecule has 0 spiro atoms. The summed E-state index contributed by atoms with van der Waals surface area (Å²) >= 11 is 0. The molecular weight excluding hydrogens is 238 g/mol. The molecule has 4 nitrogen and oxygen atoms in total. The fraction of sp³-hybridized carbons (Fsp3) is 0.533. The van der Waals surface area contributed by atoms with Gasteiger partial charge in [0.2, 0.25) is 0 Å². The van der Waals surface area contributed by atoms with Gasteiger partial charge in [-0.1, -0.05) is 12.1 Å². The van der Waals surface area contributed by atoms with Gasteiger partial charge >= 0.3 is 6.03 Å². The van der Waals surface area contributed by atoms with Crippen molar-refractivity contribution in [2.24, 2.45) is 0 Å². The molecule has 1 heterocycles. The molecule has 0 bridgehead atoms. The first-order valence-electron chi connectivity index (χ1n) is 6.99. The second-order valence-corrected chi connectivity index (χ2v) is 5.25. The van der Waals surface area contributed by atoms with Crippen LogP contribution in [0.5, 0.6) is 0 Å². The summed E-state index contributed by atoms with van der Waals surface area (Å²) in [5, 5.41) is 5.82. The molecule has 0 saturated carbocycles. The van der Waals surface area contributed by atoms with Crippen LogP contribution >= 0.6 is 0 Å². The van der Waals surface area contributed by atoms with Crippen LogP contribution in [0, 0.1) is 13.8 Å². The molecule has 2 amide bonds. The largest absolute Gasteiger partial charge is 0.337 e. The van der Waals surface area contributed by atoms with Crippen molar-refractivity contribution in [2.75, 3.05) is 31.5 Å². The zero-order valence-corrected chi connectivity index (χ0v) is 11.8. The summed E-state index contributed by atoms with van der Waals surface area (Å²) in [5.41, 5.74) is 3.12. The zero-order valence-electron chi connectivity index (χ0n) is 11.8. The number of anilines is 1. The first kappa shape index (κ1) is 13.9. The third-order valence-corrected chi connectivity index (χ3v) is 3.55. The molecule has 1 aliphatic heterocycles. The van der Waals surface area contributed by atoms with Crippen molar-refractivity contribution >= 4 is 11.7 Å². The van der Waals surface area contributed by atoms with Crippen molar-refractivity contribution in [3.8, 4) is 0 Å². The molecule has 0 radical (unpaired) electrons. The lowest BCUT2D eigenvalue weighted by Gasteiger charge is -2.15. The number of hydrogen-bond donors (Lipinski definition) is 2. The van der Waals surface area contributed by atoms with Crippen molar-refractivity contribution in [1.29, 1.82) is 0 Å². The van der Waals surface area contributed by atoms with Gasteiger partial charge in [0, 0.05) is 18.8 Å². The Morgan fingerprint density at radius 3 is 2.74 bits per heavy atom. The average molecular weight is 261 g/mol. The van der Waals surface area contributed by atoms with E-state index in [-0.39, 0.29) is 6.03 Å². The predicted octanol–water partition coefficient (Wildman–Crippen LogP) is 2.52. The highest BCUT2D eigenvalue weighted by molar-refractivity contribution is 5.90. The summed E-state index contributed by atoms with van der Waals surface area (Å²) < 4.78 is 0. The zero-order chi connectivity index (χ0) is 13.7. The van der Waals surface area contributed by atoms with Gasteiger partial charge in [0.1, 0.15) is 0 Å².